The summed E-state index contributed by atoms with van der Waals surface area (Å²) < 4.78 is 1.74. The van der Waals surface area contributed by atoms with Crippen molar-refractivity contribution in [3.05, 3.63) is 30.7 Å². The molecule has 0 atom stereocenters. The van der Waals surface area contributed by atoms with Gasteiger partial charge in [0.2, 0.25) is 11.9 Å². The quantitative estimate of drug-likeness (QED) is 0.432. The van der Waals surface area contributed by atoms with Crippen LogP contribution in [0.1, 0.15) is 38.5 Å². The van der Waals surface area contributed by atoms with E-state index in [1.165, 1.54) is 0 Å². The topological polar surface area (TPSA) is 116 Å². The number of amides is 1. The van der Waals surface area contributed by atoms with Gasteiger partial charge in [0.15, 0.2) is 5.65 Å². The Morgan fingerprint density at radius 3 is 2.79 bits per heavy atom. The highest BCUT2D eigenvalue weighted by molar-refractivity contribution is 6.00. The number of hydrogen-bond acceptors (Lipinski definition) is 7. The van der Waals surface area contributed by atoms with Crippen molar-refractivity contribution in [1.82, 2.24) is 34.4 Å². The highest BCUT2D eigenvalue weighted by atomic mass is 16.2. The van der Waals surface area contributed by atoms with Gasteiger partial charge in [-0.1, -0.05) is 0 Å². The van der Waals surface area contributed by atoms with Crippen molar-refractivity contribution in [3.8, 4) is 11.3 Å². The van der Waals surface area contributed by atoms with E-state index in [1.807, 2.05) is 31.6 Å². The van der Waals surface area contributed by atoms with Crippen LogP contribution in [0.2, 0.25) is 0 Å². The van der Waals surface area contributed by atoms with E-state index in [1.54, 1.807) is 10.7 Å². The van der Waals surface area contributed by atoms with Gasteiger partial charge >= 0.3 is 0 Å². The van der Waals surface area contributed by atoms with Crippen LogP contribution in [-0.4, -0.2) is 66.0 Å². The number of aromatic amines is 1. The summed E-state index contributed by atoms with van der Waals surface area (Å²) in [4.78, 5) is 31.7. The Balaban J connectivity index is 1.23. The normalized spacial score (nSPS) is 21.2. The molecule has 4 aromatic heterocycles. The van der Waals surface area contributed by atoms with Crippen LogP contribution in [-0.2, 0) is 4.79 Å². The third-order valence-electron chi connectivity index (χ3n) is 6.88. The van der Waals surface area contributed by atoms with Crippen molar-refractivity contribution in [2.45, 2.75) is 50.6 Å². The van der Waals surface area contributed by atoms with Crippen molar-refractivity contribution >= 4 is 34.4 Å². The third kappa shape index (κ3) is 3.55. The van der Waals surface area contributed by atoms with Crippen molar-refractivity contribution in [2.75, 3.05) is 24.2 Å². The van der Waals surface area contributed by atoms with Gasteiger partial charge in [-0.05, 0) is 38.2 Å². The molecule has 170 valence electrons. The molecule has 0 radical (unpaired) electrons. The number of carbonyl (C=O) groups is 1. The van der Waals surface area contributed by atoms with Crippen molar-refractivity contribution in [2.24, 2.45) is 0 Å². The fourth-order valence-electron chi connectivity index (χ4n) is 5.21. The van der Waals surface area contributed by atoms with Crippen molar-refractivity contribution < 1.29 is 4.79 Å². The van der Waals surface area contributed by atoms with E-state index >= 15 is 0 Å². The molecular weight excluding hydrogens is 418 g/mol. The number of H-pyrrole nitrogens is 1. The molecule has 1 aliphatic carbocycles. The highest BCUT2D eigenvalue weighted by Crippen LogP contribution is 2.33. The van der Waals surface area contributed by atoms with E-state index in [0.717, 1.165) is 72.4 Å². The van der Waals surface area contributed by atoms with Crippen molar-refractivity contribution in [3.63, 3.8) is 0 Å². The zero-order chi connectivity index (χ0) is 22.4. The van der Waals surface area contributed by atoms with Gasteiger partial charge in [0.1, 0.15) is 11.5 Å². The van der Waals surface area contributed by atoms with Gasteiger partial charge in [0.25, 0.3) is 0 Å². The zero-order valence-corrected chi connectivity index (χ0v) is 18.6. The number of nitrogens with zero attached hydrogens (tertiary/aromatic N) is 6. The summed E-state index contributed by atoms with van der Waals surface area (Å²) >= 11 is 0. The van der Waals surface area contributed by atoms with Gasteiger partial charge in [-0.25, -0.2) is 9.50 Å². The van der Waals surface area contributed by atoms with Crippen LogP contribution in [0.15, 0.2) is 30.7 Å². The molecule has 0 bridgehead atoms. The number of hydrogen-bond donors (Lipinski definition) is 3. The lowest BCUT2D eigenvalue weighted by Gasteiger charge is -2.34. The number of fused-ring (bicyclic) bond motifs is 2. The first kappa shape index (κ1) is 20.0. The van der Waals surface area contributed by atoms with E-state index in [-0.39, 0.29) is 0 Å². The maximum absolute atomic E-state index is 12.1. The van der Waals surface area contributed by atoms with E-state index in [4.69, 9.17) is 15.0 Å². The summed E-state index contributed by atoms with van der Waals surface area (Å²) in [7, 11) is 1.87. The number of nitrogens with one attached hydrogen (secondary N) is 3. The smallest absolute Gasteiger partial charge is 0.226 e. The first-order valence-corrected chi connectivity index (χ1v) is 11.6. The maximum Gasteiger partial charge on any atom is 0.226 e. The Kier molecular flexibility index (Phi) is 4.85. The molecular formula is C23H27N9O. The summed E-state index contributed by atoms with van der Waals surface area (Å²) in [5.41, 5.74) is 3.34. The summed E-state index contributed by atoms with van der Waals surface area (Å²) in [6, 6.07) is 4.52. The number of anilines is 2. The van der Waals surface area contributed by atoms with Gasteiger partial charge in [0.05, 0.1) is 17.3 Å². The number of aromatic nitrogens is 6. The maximum atomic E-state index is 12.1. The molecule has 0 aromatic carbocycles. The molecule has 2 aliphatic rings. The second-order valence-corrected chi connectivity index (χ2v) is 8.86. The summed E-state index contributed by atoms with van der Waals surface area (Å²) in [6.07, 6.45) is 11.4. The minimum Gasteiger partial charge on any atom is -0.372 e. The molecule has 5 heterocycles. The SMILES string of the molecule is CNc1nc(NC2CCC(N3CCCC3=O)CC2)nc2[nH]cc(-c3ccn4nccc4n3)c12. The molecule has 6 rings (SSSR count). The van der Waals surface area contributed by atoms with Crippen LogP contribution < -0.4 is 10.6 Å². The Labute approximate surface area is 190 Å². The van der Waals surface area contributed by atoms with Crippen LogP contribution in [0.4, 0.5) is 11.8 Å². The van der Waals surface area contributed by atoms with Gasteiger partial charge in [-0.3, -0.25) is 4.79 Å². The molecule has 1 saturated carbocycles. The second kappa shape index (κ2) is 8.02. The Morgan fingerprint density at radius 2 is 2.00 bits per heavy atom. The van der Waals surface area contributed by atoms with Gasteiger partial charge in [-0.15, -0.1) is 0 Å². The predicted molar refractivity (Wildman–Crippen MR) is 126 cm³/mol. The van der Waals surface area contributed by atoms with Crippen molar-refractivity contribution in [1.29, 1.82) is 0 Å². The second-order valence-electron chi connectivity index (χ2n) is 8.86. The van der Waals surface area contributed by atoms with E-state index in [2.05, 4.69) is 25.6 Å². The average molecular weight is 446 g/mol. The Morgan fingerprint density at radius 1 is 1.12 bits per heavy atom. The van der Waals surface area contributed by atoms with Gasteiger partial charge in [-0.2, -0.15) is 15.1 Å². The summed E-state index contributed by atoms with van der Waals surface area (Å²) in [5.74, 6) is 1.69. The standard InChI is InChI=1S/C23H27N9O/c1-24-21-20-16(17-9-12-32-18(28-17)8-10-26-32)13-25-22(20)30-23(29-21)27-14-4-6-15(7-5-14)31-11-2-3-19(31)33/h8-10,12-15H,2-7,11H2,1H3,(H3,24,25,27,29,30). The van der Waals surface area contributed by atoms with Crippen LogP contribution in [0.5, 0.6) is 0 Å². The number of likely N-dealkylation sites (tertiary alicyclic amines) is 1. The summed E-state index contributed by atoms with van der Waals surface area (Å²) in [5, 5.41) is 11.9. The molecule has 1 amide bonds. The van der Waals surface area contributed by atoms with Crippen LogP contribution >= 0.6 is 0 Å². The lowest BCUT2D eigenvalue weighted by molar-refractivity contribution is -0.130. The molecule has 1 aliphatic heterocycles. The molecule has 10 heteroatoms. The molecule has 1 saturated heterocycles. The van der Waals surface area contributed by atoms with E-state index in [0.29, 0.717) is 30.4 Å². The van der Waals surface area contributed by atoms with Gasteiger partial charge < -0.3 is 20.5 Å². The Hall–Kier alpha value is -3.69. The molecule has 4 aromatic rings. The molecule has 10 nitrogen and oxygen atoms in total. The molecule has 0 spiro atoms. The third-order valence-corrected chi connectivity index (χ3v) is 6.88. The molecule has 2 fully saturated rings. The Bertz CT molecular complexity index is 1320. The average Bonchev–Trinajstić information content (AvgIpc) is 3.58. The predicted octanol–water partition coefficient (Wildman–Crippen LogP) is 3.05. The van der Waals surface area contributed by atoms with Gasteiger partial charge in [0, 0.05) is 56.1 Å². The van der Waals surface area contributed by atoms with E-state index < -0.39 is 0 Å². The van der Waals surface area contributed by atoms with Crippen LogP contribution in [0.3, 0.4) is 0 Å². The monoisotopic (exact) mass is 445 g/mol. The largest absolute Gasteiger partial charge is 0.372 e. The molecule has 33 heavy (non-hydrogen) atoms. The molecule has 0 unspecified atom stereocenters. The first-order valence-electron chi connectivity index (χ1n) is 11.6. The fourth-order valence-corrected chi connectivity index (χ4v) is 5.21. The van der Waals surface area contributed by atoms with E-state index in [9.17, 15) is 4.79 Å². The first-order chi connectivity index (χ1) is 16.2. The number of carbonyl (C=O) groups excluding carboxylic acids is 1. The zero-order valence-electron chi connectivity index (χ0n) is 18.6. The molecule has 3 N–H and O–H groups in total. The lowest BCUT2D eigenvalue weighted by Crippen LogP contribution is -2.41. The summed E-state index contributed by atoms with van der Waals surface area (Å²) in [6.45, 7) is 0.922. The number of rotatable bonds is 5. The highest BCUT2D eigenvalue weighted by Gasteiger charge is 2.31. The fraction of sp³-hybridized carbons (Fsp3) is 0.435. The van der Waals surface area contributed by atoms with Crippen LogP contribution in [0, 0.1) is 0 Å². The minimum atomic E-state index is 0.307. The lowest BCUT2D eigenvalue weighted by atomic mass is 9.90. The van der Waals surface area contributed by atoms with Crippen LogP contribution in [0.25, 0.3) is 27.9 Å². The minimum absolute atomic E-state index is 0.307.